The van der Waals surface area contributed by atoms with Gasteiger partial charge in [-0.3, -0.25) is 4.79 Å². The molecule has 4 unspecified atom stereocenters. The second-order valence-corrected chi connectivity index (χ2v) is 10.6. The molecule has 0 amide bonds. The van der Waals surface area contributed by atoms with Crippen LogP contribution in [0.15, 0.2) is 47.6 Å². The predicted molar refractivity (Wildman–Crippen MR) is 154 cm³/mol. The third-order valence-corrected chi connectivity index (χ3v) is 7.58. The van der Waals surface area contributed by atoms with Crippen molar-refractivity contribution in [3.63, 3.8) is 0 Å². The van der Waals surface area contributed by atoms with Gasteiger partial charge in [0.05, 0.1) is 6.61 Å². The maximum atomic E-state index is 11.7. The number of unbranched alkanes of at least 4 members (excludes halogenated alkanes) is 8. The van der Waals surface area contributed by atoms with Crippen molar-refractivity contribution >= 4 is 17.9 Å². The van der Waals surface area contributed by atoms with Crippen molar-refractivity contribution in [3.05, 3.63) is 47.6 Å². The Balaban J connectivity index is 3.56. The molecule has 0 aromatic carbocycles. The molecule has 39 heavy (non-hydrogen) atoms. The first-order valence-electron chi connectivity index (χ1n) is 14.7. The molecule has 1 aliphatic rings. The smallest absolute Gasteiger partial charge is 0.328 e. The van der Waals surface area contributed by atoms with Gasteiger partial charge in [0.1, 0.15) is 6.61 Å². The van der Waals surface area contributed by atoms with Crippen LogP contribution in [0.25, 0.3) is 0 Å². The molecule has 0 fully saturated rings. The standard InChI is InChI=1S/C32H50O7/c1-4-6-8-10-12-15-25-21-27(23-39-24(3)34)29(19-20-31(37)38)32(26(22-33)16-14-18-30(35)36)28(25)17-13-11-9-7-5-2/h14,16,18-21,25,28-29,32-33H,4-13,15,17,22-23H2,1-3H3,(H,35,36)(H,37,38). The van der Waals surface area contributed by atoms with E-state index in [4.69, 9.17) is 9.84 Å². The summed E-state index contributed by atoms with van der Waals surface area (Å²) in [7, 11) is 0. The van der Waals surface area contributed by atoms with Crippen LogP contribution >= 0.6 is 0 Å². The molecule has 0 aromatic heterocycles. The molecule has 7 heteroatoms. The van der Waals surface area contributed by atoms with Crippen LogP contribution < -0.4 is 0 Å². The summed E-state index contributed by atoms with van der Waals surface area (Å²) in [4.78, 5) is 34.3. The number of aliphatic hydroxyl groups excluding tert-OH is 1. The quantitative estimate of drug-likeness (QED) is 0.0500. The van der Waals surface area contributed by atoms with Crippen molar-refractivity contribution < 1.29 is 34.4 Å². The highest BCUT2D eigenvalue weighted by Crippen LogP contribution is 2.47. The minimum Gasteiger partial charge on any atom is -0.478 e. The SMILES string of the molecule is CCCCCCCC1C=C(COC(C)=O)C(C=CC(=O)O)C(C(=CC=CC(=O)O)CO)C1CCCCCCC. The molecule has 0 radical (unpaired) electrons. The summed E-state index contributed by atoms with van der Waals surface area (Å²) in [6, 6.07) is 0. The molecule has 1 rings (SSSR count). The molecule has 4 atom stereocenters. The second-order valence-electron chi connectivity index (χ2n) is 10.6. The lowest BCUT2D eigenvalue weighted by Crippen LogP contribution is -2.37. The van der Waals surface area contributed by atoms with Gasteiger partial charge in [-0.05, 0) is 41.7 Å². The summed E-state index contributed by atoms with van der Waals surface area (Å²) in [5.74, 6) is -2.89. The van der Waals surface area contributed by atoms with Gasteiger partial charge in [-0.2, -0.15) is 0 Å². The van der Waals surface area contributed by atoms with E-state index in [0.717, 1.165) is 69.1 Å². The van der Waals surface area contributed by atoms with Crippen molar-refractivity contribution in [2.75, 3.05) is 13.2 Å². The highest BCUT2D eigenvalue weighted by Gasteiger charge is 2.40. The Labute approximate surface area is 234 Å². The average molecular weight is 547 g/mol. The Morgan fingerprint density at radius 2 is 1.46 bits per heavy atom. The molecule has 7 nitrogen and oxygen atoms in total. The lowest BCUT2D eigenvalue weighted by molar-refractivity contribution is -0.140. The lowest BCUT2D eigenvalue weighted by atomic mass is 9.62. The van der Waals surface area contributed by atoms with E-state index in [-0.39, 0.29) is 31.0 Å². The van der Waals surface area contributed by atoms with Crippen molar-refractivity contribution in [2.24, 2.45) is 23.7 Å². The monoisotopic (exact) mass is 546 g/mol. The Morgan fingerprint density at radius 3 is 2.00 bits per heavy atom. The zero-order chi connectivity index (χ0) is 29.0. The number of carboxylic acids is 2. The number of rotatable bonds is 20. The highest BCUT2D eigenvalue weighted by molar-refractivity contribution is 5.80. The minimum atomic E-state index is -1.08. The largest absolute Gasteiger partial charge is 0.478 e. The third kappa shape index (κ3) is 13.8. The van der Waals surface area contributed by atoms with Crippen LogP contribution in [0.5, 0.6) is 0 Å². The van der Waals surface area contributed by atoms with E-state index in [1.54, 1.807) is 12.2 Å². The van der Waals surface area contributed by atoms with Crippen molar-refractivity contribution in [1.82, 2.24) is 0 Å². The number of carboxylic acid groups (broad SMARTS) is 2. The van der Waals surface area contributed by atoms with Crippen LogP contribution in [-0.2, 0) is 19.1 Å². The molecule has 0 saturated heterocycles. The van der Waals surface area contributed by atoms with Crippen LogP contribution in [0.2, 0.25) is 0 Å². The van der Waals surface area contributed by atoms with Crippen molar-refractivity contribution in [3.8, 4) is 0 Å². The Bertz CT molecular complexity index is 868. The number of hydrogen-bond donors (Lipinski definition) is 3. The number of aliphatic carboxylic acids is 2. The number of esters is 1. The van der Waals surface area contributed by atoms with E-state index >= 15 is 0 Å². The molecule has 0 saturated carbocycles. The van der Waals surface area contributed by atoms with Gasteiger partial charge < -0.3 is 20.1 Å². The second kappa shape index (κ2) is 20.3. The van der Waals surface area contributed by atoms with Gasteiger partial charge >= 0.3 is 17.9 Å². The van der Waals surface area contributed by atoms with E-state index in [2.05, 4.69) is 19.9 Å². The van der Waals surface area contributed by atoms with E-state index in [0.29, 0.717) is 5.57 Å². The molecule has 3 N–H and O–H groups in total. The summed E-state index contributed by atoms with van der Waals surface area (Å²) in [5.41, 5.74) is 1.49. The van der Waals surface area contributed by atoms with Crippen molar-refractivity contribution in [1.29, 1.82) is 0 Å². The summed E-state index contributed by atoms with van der Waals surface area (Å²) < 4.78 is 5.40. The first-order valence-corrected chi connectivity index (χ1v) is 14.7. The van der Waals surface area contributed by atoms with Gasteiger partial charge in [0.25, 0.3) is 0 Å². The van der Waals surface area contributed by atoms with Gasteiger partial charge in [0, 0.05) is 25.0 Å². The summed E-state index contributed by atoms with van der Waals surface area (Å²) in [6.45, 7) is 5.51. The van der Waals surface area contributed by atoms with Crippen LogP contribution in [0.3, 0.4) is 0 Å². The Morgan fingerprint density at radius 1 is 0.872 bits per heavy atom. The maximum Gasteiger partial charge on any atom is 0.328 e. The lowest BCUT2D eigenvalue weighted by Gasteiger charge is -2.43. The zero-order valence-corrected chi connectivity index (χ0v) is 24.1. The molecule has 0 spiro atoms. The minimum absolute atomic E-state index is 0.0552. The molecule has 220 valence electrons. The number of allylic oxidation sites excluding steroid dienone is 4. The third-order valence-electron chi connectivity index (χ3n) is 7.58. The molecular weight excluding hydrogens is 496 g/mol. The highest BCUT2D eigenvalue weighted by atomic mass is 16.5. The van der Waals surface area contributed by atoms with Gasteiger partial charge in [-0.25, -0.2) is 9.59 Å². The number of carbonyl (C=O) groups is 3. The van der Waals surface area contributed by atoms with Gasteiger partial charge in [0.15, 0.2) is 0 Å². The van der Waals surface area contributed by atoms with Crippen LogP contribution in [0.1, 0.15) is 97.8 Å². The number of hydrogen-bond acceptors (Lipinski definition) is 5. The zero-order valence-electron chi connectivity index (χ0n) is 24.1. The Hall–Kier alpha value is -2.67. The summed E-state index contributed by atoms with van der Waals surface area (Å²) in [5, 5.41) is 29.0. The topological polar surface area (TPSA) is 121 Å². The van der Waals surface area contributed by atoms with Crippen LogP contribution in [0.4, 0.5) is 0 Å². The van der Waals surface area contributed by atoms with Crippen molar-refractivity contribution in [2.45, 2.75) is 97.8 Å². The number of ether oxygens (including phenoxy) is 1. The normalized spacial score (nSPS) is 21.8. The molecule has 1 aliphatic carbocycles. The molecule has 0 aliphatic heterocycles. The predicted octanol–water partition coefficient (Wildman–Crippen LogP) is 6.88. The van der Waals surface area contributed by atoms with Gasteiger partial charge in [-0.1, -0.05) is 102 Å². The summed E-state index contributed by atoms with van der Waals surface area (Å²) in [6.07, 6.45) is 22.3. The fourth-order valence-corrected chi connectivity index (χ4v) is 5.72. The van der Waals surface area contributed by atoms with Gasteiger partial charge in [-0.15, -0.1) is 0 Å². The molecular formula is C32H50O7. The fourth-order valence-electron chi connectivity index (χ4n) is 5.72. The van der Waals surface area contributed by atoms with Crippen LogP contribution in [0, 0.1) is 23.7 Å². The van der Waals surface area contributed by atoms with E-state index < -0.39 is 23.8 Å². The summed E-state index contributed by atoms with van der Waals surface area (Å²) >= 11 is 0. The molecule has 0 heterocycles. The number of aliphatic hydroxyl groups is 1. The molecule has 0 aromatic rings. The first kappa shape index (κ1) is 34.4. The van der Waals surface area contributed by atoms with E-state index in [9.17, 15) is 24.6 Å². The molecule has 0 bridgehead atoms. The first-order chi connectivity index (χ1) is 18.7. The number of carbonyl (C=O) groups excluding carboxylic acids is 1. The Kier molecular flexibility index (Phi) is 17.9. The average Bonchev–Trinajstić information content (AvgIpc) is 2.89. The van der Waals surface area contributed by atoms with Crippen LogP contribution in [-0.4, -0.2) is 46.4 Å². The van der Waals surface area contributed by atoms with Gasteiger partial charge in [0.2, 0.25) is 0 Å². The maximum absolute atomic E-state index is 11.7. The fraction of sp³-hybridized carbons (Fsp3) is 0.656. The van der Waals surface area contributed by atoms with E-state index in [1.807, 2.05) is 0 Å². The van der Waals surface area contributed by atoms with E-state index in [1.165, 1.54) is 38.7 Å².